The Labute approximate surface area is 88.6 Å². The third-order valence-corrected chi connectivity index (χ3v) is 1.94. The molecule has 2 N–H and O–H groups in total. The lowest BCUT2D eigenvalue weighted by atomic mass is 10.2. The second kappa shape index (κ2) is 3.73. The van der Waals surface area contributed by atoms with Crippen molar-refractivity contribution >= 4 is 5.97 Å². The molecule has 2 rings (SSSR count). The summed E-state index contributed by atoms with van der Waals surface area (Å²) in [6, 6.07) is 2.85. The summed E-state index contributed by atoms with van der Waals surface area (Å²) in [5.74, 6) is -2.57. The molecule has 0 aliphatic heterocycles. The lowest BCUT2D eigenvalue weighted by Gasteiger charge is -1.97. The van der Waals surface area contributed by atoms with Crippen LogP contribution in [0.25, 0.3) is 11.4 Å². The number of imidazole rings is 1. The second-order valence-electron chi connectivity index (χ2n) is 3.11. The Morgan fingerprint density at radius 1 is 1.25 bits per heavy atom. The van der Waals surface area contributed by atoms with Crippen molar-refractivity contribution in [2.24, 2.45) is 0 Å². The first-order valence-electron chi connectivity index (χ1n) is 4.31. The molecule has 6 heteroatoms. The third kappa shape index (κ3) is 1.90. The highest BCUT2D eigenvalue weighted by Gasteiger charge is 2.10. The van der Waals surface area contributed by atoms with Gasteiger partial charge in [-0.2, -0.15) is 0 Å². The van der Waals surface area contributed by atoms with Gasteiger partial charge < -0.3 is 10.1 Å². The van der Waals surface area contributed by atoms with Crippen LogP contribution in [0.5, 0.6) is 0 Å². The predicted molar refractivity (Wildman–Crippen MR) is 50.9 cm³/mol. The van der Waals surface area contributed by atoms with Crippen molar-refractivity contribution in [3.8, 4) is 11.4 Å². The van der Waals surface area contributed by atoms with Gasteiger partial charge >= 0.3 is 5.97 Å². The van der Waals surface area contributed by atoms with E-state index in [2.05, 4.69) is 9.97 Å². The van der Waals surface area contributed by atoms with E-state index in [9.17, 15) is 13.6 Å². The minimum absolute atomic E-state index is 0.107. The number of halogens is 2. The zero-order chi connectivity index (χ0) is 11.7. The number of aromatic amines is 1. The molecule has 0 amide bonds. The van der Waals surface area contributed by atoms with Crippen LogP contribution in [0.3, 0.4) is 0 Å². The van der Waals surface area contributed by atoms with Crippen molar-refractivity contribution in [1.29, 1.82) is 0 Å². The summed E-state index contributed by atoms with van der Waals surface area (Å²) in [4.78, 5) is 16.7. The van der Waals surface area contributed by atoms with Gasteiger partial charge in [-0.05, 0) is 12.1 Å². The summed E-state index contributed by atoms with van der Waals surface area (Å²) < 4.78 is 25.8. The van der Waals surface area contributed by atoms with Crippen LogP contribution in [0.4, 0.5) is 8.78 Å². The fourth-order valence-corrected chi connectivity index (χ4v) is 1.27. The Hall–Kier alpha value is -2.24. The molecule has 0 fully saturated rings. The molecule has 82 valence electrons. The molecule has 0 atom stereocenters. The van der Waals surface area contributed by atoms with E-state index in [-0.39, 0.29) is 17.1 Å². The fourth-order valence-electron chi connectivity index (χ4n) is 1.27. The number of nitrogens with one attached hydrogen (secondary N) is 1. The molecule has 0 aliphatic carbocycles. The minimum atomic E-state index is -1.18. The van der Waals surface area contributed by atoms with Crippen molar-refractivity contribution < 1.29 is 18.7 Å². The monoisotopic (exact) mass is 224 g/mol. The maximum atomic E-state index is 12.9. The molecule has 0 radical (unpaired) electrons. The first-order chi connectivity index (χ1) is 7.56. The fraction of sp³-hybridized carbons (Fsp3) is 0. The van der Waals surface area contributed by atoms with Gasteiger partial charge in [0.25, 0.3) is 0 Å². The standard InChI is InChI=1S/C10H6F2N2O2/c11-6-1-5(2-7(12)3-6)9-13-4-8(14-9)10(15)16/h1-4H,(H,13,14)(H,15,16). The molecule has 0 bridgehead atoms. The quantitative estimate of drug-likeness (QED) is 0.820. The Morgan fingerprint density at radius 2 is 1.88 bits per heavy atom. The molecular formula is C10H6F2N2O2. The number of aromatic nitrogens is 2. The number of benzene rings is 1. The molecule has 0 aliphatic rings. The van der Waals surface area contributed by atoms with Crippen LogP contribution in [0.15, 0.2) is 24.4 Å². The van der Waals surface area contributed by atoms with Gasteiger partial charge in [-0.3, -0.25) is 0 Å². The van der Waals surface area contributed by atoms with E-state index < -0.39 is 17.6 Å². The number of nitrogens with zero attached hydrogens (tertiary/aromatic N) is 1. The number of carbonyl (C=O) groups is 1. The van der Waals surface area contributed by atoms with Crippen LogP contribution < -0.4 is 0 Å². The van der Waals surface area contributed by atoms with Crippen molar-refractivity contribution in [2.75, 3.05) is 0 Å². The maximum absolute atomic E-state index is 12.9. The van der Waals surface area contributed by atoms with Gasteiger partial charge in [0, 0.05) is 11.6 Å². The number of carboxylic acid groups (broad SMARTS) is 1. The normalized spacial score (nSPS) is 10.4. The highest BCUT2D eigenvalue weighted by atomic mass is 19.1. The summed E-state index contributed by atoms with van der Waals surface area (Å²) in [5, 5.41) is 8.63. The Balaban J connectivity index is 2.46. The minimum Gasteiger partial charge on any atom is -0.477 e. The summed E-state index contributed by atoms with van der Waals surface area (Å²) in [7, 11) is 0. The zero-order valence-electron chi connectivity index (χ0n) is 7.87. The number of hydrogen-bond donors (Lipinski definition) is 2. The van der Waals surface area contributed by atoms with Crippen LogP contribution >= 0.6 is 0 Å². The molecule has 1 aromatic heterocycles. The van der Waals surface area contributed by atoms with Crippen molar-refractivity contribution in [1.82, 2.24) is 9.97 Å². The third-order valence-electron chi connectivity index (χ3n) is 1.94. The lowest BCUT2D eigenvalue weighted by Crippen LogP contribution is -1.95. The number of H-pyrrole nitrogens is 1. The molecule has 0 spiro atoms. The topological polar surface area (TPSA) is 66.0 Å². The van der Waals surface area contributed by atoms with E-state index >= 15 is 0 Å². The number of aromatic carboxylic acids is 1. The van der Waals surface area contributed by atoms with E-state index in [0.717, 1.165) is 24.4 Å². The van der Waals surface area contributed by atoms with Crippen LogP contribution in [0.1, 0.15) is 10.5 Å². The Kier molecular flexibility index (Phi) is 2.40. The first kappa shape index (κ1) is 10.3. The van der Waals surface area contributed by atoms with Crippen molar-refractivity contribution in [3.63, 3.8) is 0 Å². The van der Waals surface area contributed by atoms with Crippen molar-refractivity contribution in [2.45, 2.75) is 0 Å². The first-order valence-corrected chi connectivity index (χ1v) is 4.31. The zero-order valence-corrected chi connectivity index (χ0v) is 7.87. The Bertz CT molecular complexity index is 531. The largest absolute Gasteiger partial charge is 0.477 e. The van der Waals surface area contributed by atoms with E-state index in [1.165, 1.54) is 0 Å². The van der Waals surface area contributed by atoms with Gasteiger partial charge in [-0.1, -0.05) is 0 Å². The summed E-state index contributed by atoms with van der Waals surface area (Å²) in [5.41, 5.74) is 0.0182. The molecular weight excluding hydrogens is 218 g/mol. The van der Waals surface area contributed by atoms with Gasteiger partial charge in [-0.25, -0.2) is 18.6 Å². The molecule has 4 nitrogen and oxygen atoms in total. The smallest absolute Gasteiger partial charge is 0.353 e. The number of hydrogen-bond acceptors (Lipinski definition) is 2. The van der Waals surface area contributed by atoms with Gasteiger partial charge in [-0.15, -0.1) is 0 Å². The van der Waals surface area contributed by atoms with Gasteiger partial charge in [0.05, 0.1) is 6.20 Å². The van der Waals surface area contributed by atoms with Crippen LogP contribution in [0.2, 0.25) is 0 Å². The van der Waals surface area contributed by atoms with Crippen LogP contribution in [-0.4, -0.2) is 21.0 Å². The average Bonchev–Trinajstić information content (AvgIpc) is 2.64. The Morgan fingerprint density at radius 3 is 2.38 bits per heavy atom. The molecule has 0 saturated carbocycles. The van der Waals surface area contributed by atoms with Crippen molar-refractivity contribution in [3.05, 3.63) is 41.7 Å². The highest BCUT2D eigenvalue weighted by molar-refractivity contribution is 5.85. The molecule has 2 aromatic rings. The molecule has 0 saturated heterocycles. The maximum Gasteiger partial charge on any atom is 0.353 e. The lowest BCUT2D eigenvalue weighted by molar-refractivity contribution is 0.0691. The van der Waals surface area contributed by atoms with Gasteiger partial charge in [0.2, 0.25) is 0 Å². The van der Waals surface area contributed by atoms with E-state index in [4.69, 9.17) is 5.11 Å². The summed E-state index contributed by atoms with van der Waals surface area (Å²) in [6.07, 6.45) is 1.08. The molecule has 16 heavy (non-hydrogen) atoms. The highest BCUT2D eigenvalue weighted by Crippen LogP contribution is 2.18. The average molecular weight is 224 g/mol. The van der Waals surface area contributed by atoms with E-state index in [1.807, 2.05) is 0 Å². The summed E-state index contributed by atoms with van der Waals surface area (Å²) in [6.45, 7) is 0. The number of carboxylic acids is 1. The van der Waals surface area contributed by atoms with E-state index in [1.54, 1.807) is 0 Å². The second-order valence-corrected chi connectivity index (χ2v) is 3.11. The predicted octanol–water partition coefficient (Wildman–Crippen LogP) is 2.05. The SMILES string of the molecule is O=C(O)c1cnc(-c2cc(F)cc(F)c2)[nH]1. The van der Waals surface area contributed by atoms with Crippen LogP contribution in [0, 0.1) is 11.6 Å². The molecule has 1 heterocycles. The number of rotatable bonds is 2. The molecule has 0 unspecified atom stereocenters. The molecule has 1 aromatic carbocycles. The summed E-state index contributed by atoms with van der Waals surface area (Å²) >= 11 is 0. The van der Waals surface area contributed by atoms with Crippen LogP contribution in [-0.2, 0) is 0 Å². The van der Waals surface area contributed by atoms with Gasteiger partial charge in [0.15, 0.2) is 0 Å². The van der Waals surface area contributed by atoms with E-state index in [0.29, 0.717) is 0 Å². The van der Waals surface area contributed by atoms with Gasteiger partial charge in [0.1, 0.15) is 23.2 Å².